The predicted molar refractivity (Wildman–Crippen MR) is 69.7 cm³/mol. The maximum atomic E-state index is 11.8. The maximum Gasteiger partial charge on any atom is 0.251 e. The van der Waals surface area contributed by atoms with Crippen molar-refractivity contribution in [2.75, 3.05) is 25.5 Å². The molecular weight excluding hydrogens is 230 g/mol. The van der Waals surface area contributed by atoms with Crippen LogP contribution in [0.4, 0.5) is 5.69 Å². The summed E-state index contributed by atoms with van der Waals surface area (Å²) in [6, 6.07) is 5.32. The molecule has 0 unspecified atom stereocenters. The summed E-state index contributed by atoms with van der Waals surface area (Å²) in [6.45, 7) is 1.52. The standard InChI is InChI=1S/C13H17N3O2/c1-14-5-2-6-15-13(18)10-4-3-9-8-12(17)16-11(9)7-10/h3-4,7,14H,2,5-6,8H2,1H3,(H,15,18)(H,16,17). The van der Waals surface area contributed by atoms with Gasteiger partial charge in [-0.15, -0.1) is 0 Å². The highest BCUT2D eigenvalue weighted by atomic mass is 16.2. The van der Waals surface area contributed by atoms with E-state index < -0.39 is 0 Å². The van der Waals surface area contributed by atoms with Gasteiger partial charge in [-0.25, -0.2) is 0 Å². The number of carbonyl (C=O) groups excluding carboxylic acids is 2. The molecule has 18 heavy (non-hydrogen) atoms. The third-order valence-corrected chi connectivity index (χ3v) is 2.89. The van der Waals surface area contributed by atoms with Gasteiger partial charge < -0.3 is 16.0 Å². The van der Waals surface area contributed by atoms with Crippen molar-refractivity contribution in [1.82, 2.24) is 10.6 Å². The van der Waals surface area contributed by atoms with E-state index in [4.69, 9.17) is 0 Å². The molecule has 2 rings (SSSR count). The Bertz CT molecular complexity index is 471. The van der Waals surface area contributed by atoms with Gasteiger partial charge in [0.25, 0.3) is 5.91 Å². The fraction of sp³-hybridized carbons (Fsp3) is 0.385. The molecule has 1 aromatic carbocycles. The van der Waals surface area contributed by atoms with Crippen LogP contribution < -0.4 is 16.0 Å². The molecule has 0 atom stereocenters. The normalized spacial score (nSPS) is 13.1. The monoisotopic (exact) mass is 247 g/mol. The summed E-state index contributed by atoms with van der Waals surface area (Å²) >= 11 is 0. The predicted octanol–water partition coefficient (Wildman–Crippen LogP) is 0.520. The molecule has 0 bridgehead atoms. The number of fused-ring (bicyclic) bond motifs is 1. The molecule has 0 fully saturated rings. The van der Waals surface area contributed by atoms with Gasteiger partial charge in [-0.3, -0.25) is 9.59 Å². The van der Waals surface area contributed by atoms with Crippen LogP contribution in [0.1, 0.15) is 22.3 Å². The first kappa shape index (κ1) is 12.6. The van der Waals surface area contributed by atoms with E-state index in [1.54, 1.807) is 12.1 Å². The molecule has 0 saturated carbocycles. The number of anilines is 1. The molecule has 0 aromatic heterocycles. The summed E-state index contributed by atoms with van der Waals surface area (Å²) in [6.07, 6.45) is 1.29. The van der Waals surface area contributed by atoms with E-state index in [0.717, 1.165) is 24.2 Å². The van der Waals surface area contributed by atoms with Crippen LogP contribution in [-0.2, 0) is 11.2 Å². The van der Waals surface area contributed by atoms with E-state index in [1.165, 1.54) is 0 Å². The maximum absolute atomic E-state index is 11.8. The van der Waals surface area contributed by atoms with Crippen molar-refractivity contribution < 1.29 is 9.59 Å². The molecule has 96 valence electrons. The SMILES string of the molecule is CNCCCNC(=O)c1ccc2c(c1)NC(=O)C2. The van der Waals surface area contributed by atoms with Crippen LogP contribution in [0, 0.1) is 0 Å². The van der Waals surface area contributed by atoms with Gasteiger partial charge in [0.1, 0.15) is 0 Å². The minimum Gasteiger partial charge on any atom is -0.352 e. The Morgan fingerprint density at radius 2 is 2.22 bits per heavy atom. The first-order valence-electron chi connectivity index (χ1n) is 6.06. The molecule has 2 amide bonds. The van der Waals surface area contributed by atoms with E-state index in [9.17, 15) is 9.59 Å². The second-order valence-corrected chi connectivity index (χ2v) is 4.31. The zero-order chi connectivity index (χ0) is 13.0. The van der Waals surface area contributed by atoms with E-state index >= 15 is 0 Å². The van der Waals surface area contributed by atoms with Crippen molar-refractivity contribution in [2.24, 2.45) is 0 Å². The molecule has 3 N–H and O–H groups in total. The second-order valence-electron chi connectivity index (χ2n) is 4.31. The number of nitrogens with one attached hydrogen (secondary N) is 3. The van der Waals surface area contributed by atoms with Crippen molar-refractivity contribution in [1.29, 1.82) is 0 Å². The van der Waals surface area contributed by atoms with Crippen LogP contribution >= 0.6 is 0 Å². The molecule has 5 nitrogen and oxygen atoms in total. The molecule has 1 aliphatic heterocycles. The van der Waals surface area contributed by atoms with Gasteiger partial charge in [0.15, 0.2) is 0 Å². The quantitative estimate of drug-likeness (QED) is 0.664. The molecule has 5 heteroatoms. The lowest BCUT2D eigenvalue weighted by Gasteiger charge is -2.06. The van der Waals surface area contributed by atoms with Crippen LogP contribution in [0.25, 0.3) is 0 Å². The Morgan fingerprint density at radius 3 is 3.00 bits per heavy atom. The summed E-state index contributed by atoms with van der Waals surface area (Å²) in [5.74, 6) is -0.119. The summed E-state index contributed by atoms with van der Waals surface area (Å²) < 4.78 is 0. The molecule has 0 saturated heterocycles. The van der Waals surface area contributed by atoms with E-state index in [2.05, 4.69) is 16.0 Å². The van der Waals surface area contributed by atoms with Gasteiger partial charge in [0.05, 0.1) is 6.42 Å². The van der Waals surface area contributed by atoms with E-state index in [0.29, 0.717) is 18.5 Å². The zero-order valence-corrected chi connectivity index (χ0v) is 10.4. The highest BCUT2D eigenvalue weighted by Gasteiger charge is 2.18. The Labute approximate surface area is 106 Å². The van der Waals surface area contributed by atoms with Crippen molar-refractivity contribution >= 4 is 17.5 Å². The summed E-state index contributed by atoms with van der Waals surface area (Å²) in [5, 5.41) is 8.61. The number of amides is 2. The van der Waals surface area contributed by atoms with Gasteiger partial charge in [0, 0.05) is 17.8 Å². The second kappa shape index (κ2) is 5.64. The molecule has 0 spiro atoms. The minimum absolute atomic E-state index is 0.0171. The van der Waals surface area contributed by atoms with Crippen molar-refractivity contribution in [3.05, 3.63) is 29.3 Å². The molecule has 0 aliphatic carbocycles. The minimum atomic E-state index is -0.102. The molecule has 0 radical (unpaired) electrons. The number of carbonyl (C=O) groups is 2. The fourth-order valence-corrected chi connectivity index (χ4v) is 1.92. The molecule has 1 heterocycles. The van der Waals surface area contributed by atoms with Gasteiger partial charge >= 0.3 is 0 Å². The van der Waals surface area contributed by atoms with Gasteiger partial charge in [0.2, 0.25) is 5.91 Å². The van der Waals surface area contributed by atoms with Crippen LogP contribution in [0.3, 0.4) is 0 Å². The molecular formula is C13H17N3O2. The highest BCUT2D eigenvalue weighted by Crippen LogP contribution is 2.23. The first-order valence-corrected chi connectivity index (χ1v) is 6.06. The Morgan fingerprint density at radius 1 is 1.39 bits per heavy atom. The lowest BCUT2D eigenvalue weighted by Crippen LogP contribution is -2.26. The fourth-order valence-electron chi connectivity index (χ4n) is 1.92. The lowest BCUT2D eigenvalue weighted by molar-refractivity contribution is -0.115. The first-order chi connectivity index (χ1) is 8.70. The van der Waals surface area contributed by atoms with Crippen LogP contribution in [-0.4, -0.2) is 32.0 Å². The average molecular weight is 247 g/mol. The molecule has 1 aliphatic rings. The molecule has 1 aromatic rings. The van der Waals surface area contributed by atoms with Crippen LogP contribution in [0.15, 0.2) is 18.2 Å². The Hall–Kier alpha value is -1.88. The van der Waals surface area contributed by atoms with Crippen molar-refractivity contribution in [3.63, 3.8) is 0 Å². The zero-order valence-electron chi connectivity index (χ0n) is 10.4. The van der Waals surface area contributed by atoms with Gasteiger partial charge in [-0.05, 0) is 37.7 Å². The van der Waals surface area contributed by atoms with Crippen LogP contribution in [0.5, 0.6) is 0 Å². The number of hydrogen-bond acceptors (Lipinski definition) is 3. The average Bonchev–Trinajstić information content (AvgIpc) is 2.73. The van der Waals surface area contributed by atoms with Crippen molar-refractivity contribution in [3.8, 4) is 0 Å². The summed E-state index contributed by atoms with van der Waals surface area (Å²) in [4.78, 5) is 23.1. The Kier molecular flexibility index (Phi) is 3.94. The topological polar surface area (TPSA) is 70.2 Å². The van der Waals surface area contributed by atoms with Gasteiger partial charge in [-0.1, -0.05) is 6.07 Å². The highest BCUT2D eigenvalue weighted by molar-refractivity contribution is 6.02. The summed E-state index contributed by atoms with van der Waals surface area (Å²) in [7, 11) is 1.88. The third kappa shape index (κ3) is 2.87. The largest absolute Gasteiger partial charge is 0.352 e. The number of hydrogen-bond donors (Lipinski definition) is 3. The van der Waals surface area contributed by atoms with Gasteiger partial charge in [-0.2, -0.15) is 0 Å². The third-order valence-electron chi connectivity index (χ3n) is 2.89. The number of benzene rings is 1. The van der Waals surface area contributed by atoms with E-state index in [1.807, 2.05) is 13.1 Å². The smallest absolute Gasteiger partial charge is 0.251 e. The van der Waals surface area contributed by atoms with E-state index in [-0.39, 0.29) is 11.8 Å². The van der Waals surface area contributed by atoms with Crippen molar-refractivity contribution in [2.45, 2.75) is 12.8 Å². The summed E-state index contributed by atoms with van der Waals surface area (Å²) in [5.41, 5.74) is 2.29. The van der Waals surface area contributed by atoms with Crippen LogP contribution in [0.2, 0.25) is 0 Å². The number of rotatable bonds is 5. The lowest BCUT2D eigenvalue weighted by atomic mass is 10.1. The Balaban J connectivity index is 1.95.